The highest BCUT2D eigenvalue weighted by molar-refractivity contribution is 5.94. The molecule has 134 valence electrons. The number of nitrogens with zero attached hydrogens (tertiary/aromatic N) is 2. The lowest BCUT2D eigenvalue weighted by molar-refractivity contribution is 0.0943. The number of benzene rings is 2. The number of nitrogens with one attached hydrogen (secondary N) is 1. The summed E-state index contributed by atoms with van der Waals surface area (Å²) in [6.45, 7) is 5.30. The number of aryl methyl sites for hydroxylation is 1. The molecule has 0 radical (unpaired) electrons. The van der Waals surface area contributed by atoms with Crippen molar-refractivity contribution in [3.63, 3.8) is 0 Å². The Bertz CT molecular complexity index is 841. The van der Waals surface area contributed by atoms with Gasteiger partial charge in [-0.05, 0) is 37.1 Å². The van der Waals surface area contributed by atoms with E-state index in [-0.39, 0.29) is 11.9 Å². The molecule has 0 saturated heterocycles. The molecular weight excluding hydrogens is 326 g/mol. The van der Waals surface area contributed by atoms with Crippen LogP contribution in [0.5, 0.6) is 5.75 Å². The van der Waals surface area contributed by atoms with Crippen molar-refractivity contribution in [2.24, 2.45) is 0 Å². The van der Waals surface area contributed by atoms with Crippen molar-refractivity contribution >= 4 is 5.91 Å². The molecule has 5 heteroatoms. The minimum Gasteiger partial charge on any atom is -0.494 e. The predicted molar refractivity (Wildman–Crippen MR) is 101 cm³/mol. The maximum Gasteiger partial charge on any atom is 0.255 e. The second-order valence-corrected chi connectivity index (χ2v) is 5.90. The Morgan fingerprint density at radius 2 is 1.77 bits per heavy atom. The fourth-order valence-electron chi connectivity index (χ4n) is 2.80. The zero-order valence-corrected chi connectivity index (χ0v) is 15.1. The van der Waals surface area contributed by atoms with Crippen LogP contribution in [0.15, 0.2) is 67.0 Å². The molecule has 5 nitrogen and oxygen atoms in total. The van der Waals surface area contributed by atoms with E-state index in [2.05, 4.69) is 10.4 Å². The quantitative estimate of drug-likeness (QED) is 0.705. The van der Waals surface area contributed by atoms with Gasteiger partial charge in [0.2, 0.25) is 0 Å². The van der Waals surface area contributed by atoms with Gasteiger partial charge in [-0.2, -0.15) is 5.10 Å². The monoisotopic (exact) mass is 349 g/mol. The Kier molecular flexibility index (Phi) is 5.69. The molecule has 0 aliphatic carbocycles. The molecule has 3 rings (SSSR count). The molecule has 0 spiro atoms. The van der Waals surface area contributed by atoms with E-state index in [1.165, 1.54) is 0 Å². The average Bonchev–Trinajstić information content (AvgIpc) is 3.17. The van der Waals surface area contributed by atoms with Gasteiger partial charge in [-0.1, -0.05) is 42.5 Å². The molecule has 2 aromatic carbocycles. The lowest BCUT2D eigenvalue weighted by atomic mass is 9.98. The van der Waals surface area contributed by atoms with Gasteiger partial charge < -0.3 is 10.1 Å². The van der Waals surface area contributed by atoms with Gasteiger partial charge in [-0.15, -0.1) is 0 Å². The minimum absolute atomic E-state index is 0.146. The van der Waals surface area contributed by atoms with Gasteiger partial charge in [0.15, 0.2) is 0 Å². The van der Waals surface area contributed by atoms with Crippen molar-refractivity contribution in [1.82, 2.24) is 15.1 Å². The van der Waals surface area contributed by atoms with E-state index in [4.69, 9.17) is 4.74 Å². The molecular formula is C21H23N3O2. The second kappa shape index (κ2) is 8.34. The van der Waals surface area contributed by atoms with E-state index >= 15 is 0 Å². The summed E-state index contributed by atoms with van der Waals surface area (Å²) in [4.78, 5) is 12.7. The standard InChI is InChI=1S/C21H23N3O2/c1-3-24-15-18(14-22-24)21(25)23-20(16-8-6-5-7-9-16)17-10-12-19(13-11-17)26-4-2/h5-15,20H,3-4H2,1-2H3,(H,23,25). The third-order valence-electron chi connectivity index (χ3n) is 4.15. The van der Waals surface area contributed by atoms with Crippen LogP contribution in [0.25, 0.3) is 0 Å². The number of ether oxygens (including phenoxy) is 1. The normalized spacial score (nSPS) is 11.8. The zero-order valence-electron chi connectivity index (χ0n) is 15.1. The highest BCUT2D eigenvalue weighted by Crippen LogP contribution is 2.24. The molecule has 0 saturated carbocycles. The van der Waals surface area contributed by atoms with Crippen LogP contribution in [0.3, 0.4) is 0 Å². The van der Waals surface area contributed by atoms with Crippen LogP contribution in [-0.2, 0) is 6.54 Å². The Balaban J connectivity index is 1.87. The molecule has 0 aliphatic rings. The summed E-state index contributed by atoms with van der Waals surface area (Å²) in [5.74, 6) is 0.672. The summed E-state index contributed by atoms with van der Waals surface area (Å²) in [6, 6.07) is 17.5. The Morgan fingerprint density at radius 3 is 2.38 bits per heavy atom. The highest BCUT2D eigenvalue weighted by atomic mass is 16.5. The van der Waals surface area contributed by atoms with Gasteiger partial charge in [0.05, 0.1) is 24.4 Å². The van der Waals surface area contributed by atoms with Crippen molar-refractivity contribution < 1.29 is 9.53 Å². The van der Waals surface area contributed by atoms with E-state index < -0.39 is 0 Å². The topological polar surface area (TPSA) is 56.1 Å². The Morgan fingerprint density at radius 1 is 1.08 bits per heavy atom. The maximum absolute atomic E-state index is 12.7. The fourth-order valence-corrected chi connectivity index (χ4v) is 2.80. The Hall–Kier alpha value is -3.08. The first kappa shape index (κ1) is 17.7. The number of aromatic nitrogens is 2. The molecule has 1 heterocycles. The van der Waals surface area contributed by atoms with Crippen LogP contribution in [-0.4, -0.2) is 22.3 Å². The molecule has 1 aromatic heterocycles. The minimum atomic E-state index is -0.246. The number of hydrogen-bond acceptors (Lipinski definition) is 3. The lowest BCUT2D eigenvalue weighted by Crippen LogP contribution is -2.29. The van der Waals surface area contributed by atoms with Crippen LogP contribution in [0.4, 0.5) is 0 Å². The summed E-state index contributed by atoms with van der Waals surface area (Å²) in [5.41, 5.74) is 2.57. The van der Waals surface area contributed by atoms with Gasteiger partial charge in [0.1, 0.15) is 5.75 Å². The SMILES string of the molecule is CCOc1ccc(C(NC(=O)c2cnn(CC)c2)c2ccccc2)cc1. The van der Waals surface area contributed by atoms with E-state index in [9.17, 15) is 4.79 Å². The third-order valence-corrected chi connectivity index (χ3v) is 4.15. The van der Waals surface area contributed by atoms with Gasteiger partial charge >= 0.3 is 0 Å². The van der Waals surface area contributed by atoms with Crippen LogP contribution >= 0.6 is 0 Å². The highest BCUT2D eigenvalue weighted by Gasteiger charge is 2.18. The van der Waals surface area contributed by atoms with Crippen LogP contribution < -0.4 is 10.1 Å². The first-order valence-electron chi connectivity index (χ1n) is 8.82. The Labute approximate surface area is 153 Å². The first-order valence-corrected chi connectivity index (χ1v) is 8.82. The summed E-state index contributed by atoms with van der Waals surface area (Å²) >= 11 is 0. The molecule has 1 N–H and O–H groups in total. The first-order chi connectivity index (χ1) is 12.7. The summed E-state index contributed by atoms with van der Waals surface area (Å²) < 4.78 is 7.25. The summed E-state index contributed by atoms with van der Waals surface area (Å²) in [6.07, 6.45) is 3.36. The maximum atomic E-state index is 12.7. The lowest BCUT2D eigenvalue weighted by Gasteiger charge is -2.20. The molecule has 3 aromatic rings. The van der Waals surface area contributed by atoms with Gasteiger partial charge in [-0.25, -0.2) is 0 Å². The van der Waals surface area contributed by atoms with E-state index in [0.29, 0.717) is 12.2 Å². The molecule has 0 aliphatic heterocycles. The molecule has 1 unspecified atom stereocenters. The molecule has 0 bridgehead atoms. The van der Waals surface area contributed by atoms with Gasteiger partial charge in [0.25, 0.3) is 5.91 Å². The largest absolute Gasteiger partial charge is 0.494 e. The molecule has 1 atom stereocenters. The van der Waals surface area contributed by atoms with E-state index in [1.54, 1.807) is 17.1 Å². The predicted octanol–water partition coefficient (Wildman–Crippen LogP) is 3.82. The van der Waals surface area contributed by atoms with E-state index in [0.717, 1.165) is 23.4 Å². The fraction of sp³-hybridized carbons (Fsp3) is 0.238. The molecule has 26 heavy (non-hydrogen) atoms. The smallest absolute Gasteiger partial charge is 0.255 e. The van der Waals surface area contributed by atoms with Crippen LogP contribution in [0, 0.1) is 0 Å². The average molecular weight is 349 g/mol. The molecule has 0 fully saturated rings. The van der Waals surface area contributed by atoms with Crippen LogP contribution in [0.1, 0.15) is 41.4 Å². The van der Waals surface area contributed by atoms with Crippen molar-refractivity contribution in [3.05, 3.63) is 83.7 Å². The van der Waals surface area contributed by atoms with Crippen molar-refractivity contribution in [1.29, 1.82) is 0 Å². The third kappa shape index (κ3) is 4.11. The zero-order chi connectivity index (χ0) is 18.4. The number of carbonyl (C=O) groups excluding carboxylic acids is 1. The molecule has 1 amide bonds. The van der Waals surface area contributed by atoms with Gasteiger partial charge in [-0.3, -0.25) is 9.48 Å². The van der Waals surface area contributed by atoms with Crippen molar-refractivity contribution in [3.8, 4) is 5.75 Å². The number of hydrogen-bond donors (Lipinski definition) is 1. The number of amides is 1. The second-order valence-electron chi connectivity index (χ2n) is 5.90. The van der Waals surface area contributed by atoms with Crippen molar-refractivity contribution in [2.45, 2.75) is 26.4 Å². The van der Waals surface area contributed by atoms with E-state index in [1.807, 2.05) is 68.4 Å². The van der Waals surface area contributed by atoms with Crippen molar-refractivity contribution in [2.75, 3.05) is 6.61 Å². The number of carbonyl (C=O) groups is 1. The summed E-state index contributed by atoms with van der Waals surface area (Å²) in [5, 5.41) is 7.30. The summed E-state index contributed by atoms with van der Waals surface area (Å²) in [7, 11) is 0. The number of rotatable bonds is 7. The van der Waals surface area contributed by atoms with Gasteiger partial charge in [0, 0.05) is 12.7 Å². The van der Waals surface area contributed by atoms with Crippen LogP contribution in [0.2, 0.25) is 0 Å².